The van der Waals surface area contributed by atoms with Crippen molar-refractivity contribution in [2.45, 2.75) is 119 Å². The van der Waals surface area contributed by atoms with Crippen LogP contribution in [-0.2, 0) is 22.4 Å². The van der Waals surface area contributed by atoms with Crippen LogP contribution in [-0.4, -0.2) is 34.0 Å². The zero-order valence-corrected chi connectivity index (χ0v) is 25.9. The standard InChI is InChI=1S/C35H53NO3/c1-23-31(2,3)15-12-27-33(23,6)16-14-28-34(27,7)17-13-26-32(4,5)36(19-18-35(26,28)8)29(37)21-24-10-9-11-25(20-24)22-30(38)39/h9-11,20,23,26-28H,12-19,21-22H2,1-8H3,(H,38,39). The van der Waals surface area contributed by atoms with Crippen molar-refractivity contribution < 1.29 is 14.7 Å². The van der Waals surface area contributed by atoms with Gasteiger partial charge in [0.2, 0.25) is 5.91 Å². The van der Waals surface area contributed by atoms with Gasteiger partial charge in [-0.25, -0.2) is 0 Å². The summed E-state index contributed by atoms with van der Waals surface area (Å²) in [5.41, 5.74) is 2.98. The van der Waals surface area contributed by atoms with Crippen LogP contribution < -0.4 is 0 Å². The van der Waals surface area contributed by atoms with Crippen molar-refractivity contribution in [2.75, 3.05) is 6.54 Å². The second-order valence-corrected chi connectivity index (χ2v) is 16.0. The van der Waals surface area contributed by atoms with Crippen LogP contribution in [0.5, 0.6) is 0 Å². The quantitative estimate of drug-likeness (QED) is 0.428. The molecule has 1 aromatic rings. The number of carbonyl (C=O) groups is 2. The van der Waals surface area contributed by atoms with E-state index in [1.165, 1.54) is 38.5 Å². The number of piperidine rings is 1. The summed E-state index contributed by atoms with van der Waals surface area (Å²) >= 11 is 0. The molecule has 4 fully saturated rings. The second-order valence-electron chi connectivity index (χ2n) is 16.0. The maximum absolute atomic E-state index is 13.8. The molecule has 0 spiro atoms. The molecule has 1 N–H and O–H groups in total. The topological polar surface area (TPSA) is 57.6 Å². The molecule has 1 aromatic carbocycles. The fourth-order valence-electron chi connectivity index (χ4n) is 11.3. The highest BCUT2D eigenvalue weighted by atomic mass is 16.4. The minimum atomic E-state index is -0.839. The van der Waals surface area contributed by atoms with E-state index in [1.54, 1.807) is 0 Å². The van der Waals surface area contributed by atoms with Gasteiger partial charge < -0.3 is 10.0 Å². The molecule has 7 unspecified atom stereocenters. The Bertz CT molecular complexity index is 1140. The van der Waals surface area contributed by atoms with Gasteiger partial charge in [-0.15, -0.1) is 0 Å². The molecule has 3 saturated carbocycles. The first-order chi connectivity index (χ1) is 18.1. The van der Waals surface area contributed by atoms with E-state index in [-0.39, 0.29) is 23.3 Å². The minimum absolute atomic E-state index is 0.00582. The maximum Gasteiger partial charge on any atom is 0.307 e. The molecule has 0 aromatic heterocycles. The third kappa shape index (κ3) is 4.38. The third-order valence-corrected chi connectivity index (χ3v) is 13.6. The van der Waals surface area contributed by atoms with E-state index in [0.717, 1.165) is 41.8 Å². The largest absolute Gasteiger partial charge is 0.481 e. The number of hydrogen-bond acceptors (Lipinski definition) is 2. The lowest BCUT2D eigenvalue weighted by atomic mass is 9.35. The molecule has 0 radical (unpaired) electrons. The Morgan fingerprint density at radius 1 is 0.795 bits per heavy atom. The first-order valence-corrected chi connectivity index (χ1v) is 15.7. The predicted molar refractivity (Wildman–Crippen MR) is 157 cm³/mol. The van der Waals surface area contributed by atoms with Gasteiger partial charge in [0, 0.05) is 12.1 Å². The first kappa shape index (κ1) is 28.7. The van der Waals surface area contributed by atoms with E-state index in [1.807, 2.05) is 24.3 Å². The number of amides is 1. The Morgan fingerprint density at radius 2 is 1.33 bits per heavy atom. The van der Waals surface area contributed by atoms with Gasteiger partial charge in [0.1, 0.15) is 0 Å². The fourth-order valence-corrected chi connectivity index (χ4v) is 11.3. The number of aliphatic carboxylic acids is 1. The van der Waals surface area contributed by atoms with Crippen molar-refractivity contribution in [1.82, 2.24) is 4.90 Å². The maximum atomic E-state index is 13.8. The number of carboxylic acids is 1. The van der Waals surface area contributed by atoms with Crippen LogP contribution in [0.15, 0.2) is 24.3 Å². The Hall–Kier alpha value is -1.84. The second kappa shape index (κ2) is 9.35. The highest BCUT2D eigenvalue weighted by molar-refractivity contribution is 5.80. The molecule has 5 rings (SSSR count). The smallest absolute Gasteiger partial charge is 0.307 e. The zero-order valence-electron chi connectivity index (χ0n) is 25.9. The van der Waals surface area contributed by atoms with Gasteiger partial charge in [0.15, 0.2) is 0 Å². The van der Waals surface area contributed by atoms with Crippen molar-refractivity contribution >= 4 is 11.9 Å². The van der Waals surface area contributed by atoms with Gasteiger partial charge in [-0.3, -0.25) is 9.59 Å². The average molecular weight is 536 g/mol. The molecule has 39 heavy (non-hydrogen) atoms. The summed E-state index contributed by atoms with van der Waals surface area (Å²) in [5.74, 6) is 2.11. The summed E-state index contributed by atoms with van der Waals surface area (Å²) in [6.07, 6.45) is 9.32. The summed E-state index contributed by atoms with van der Waals surface area (Å²) < 4.78 is 0. The Balaban J connectivity index is 1.37. The number of likely N-dealkylation sites (tertiary alicyclic amines) is 1. The molecule has 4 nitrogen and oxygen atoms in total. The SMILES string of the molecule is CC1C(C)(C)CCC2C1(C)CCC1C2(C)CCC2C1(C)CCN(C(=O)Cc1cccc(CC(=O)O)c1)C2(C)C. The monoisotopic (exact) mass is 535 g/mol. The molecular formula is C35H53NO3. The normalized spacial score (nSPS) is 40.7. The van der Waals surface area contributed by atoms with Crippen molar-refractivity contribution in [3.05, 3.63) is 35.4 Å². The Labute approximate surface area is 237 Å². The molecule has 0 bridgehead atoms. The summed E-state index contributed by atoms with van der Waals surface area (Å²) in [6.45, 7) is 20.9. The van der Waals surface area contributed by atoms with Gasteiger partial charge in [0.05, 0.1) is 12.8 Å². The van der Waals surface area contributed by atoms with Crippen LogP contribution in [0, 0.1) is 45.3 Å². The van der Waals surface area contributed by atoms with Crippen molar-refractivity contribution in [2.24, 2.45) is 45.3 Å². The molecule has 7 atom stereocenters. The van der Waals surface area contributed by atoms with Crippen molar-refractivity contribution in [1.29, 1.82) is 0 Å². The molecular weight excluding hydrogens is 482 g/mol. The number of carbonyl (C=O) groups excluding carboxylic acids is 1. The Kier molecular flexibility index (Phi) is 6.87. The van der Waals surface area contributed by atoms with Crippen LogP contribution in [0.1, 0.15) is 111 Å². The lowest BCUT2D eigenvalue weighted by molar-refractivity contribution is -0.227. The molecule has 1 heterocycles. The molecule has 216 valence electrons. The van der Waals surface area contributed by atoms with E-state index in [4.69, 9.17) is 0 Å². The van der Waals surface area contributed by atoms with Gasteiger partial charge in [-0.1, -0.05) is 65.8 Å². The van der Waals surface area contributed by atoms with Crippen LogP contribution in [0.25, 0.3) is 0 Å². The number of hydrogen-bond donors (Lipinski definition) is 1. The van der Waals surface area contributed by atoms with Gasteiger partial charge in [-0.05, 0) is 115 Å². The van der Waals surface area contributed by atoms with Crippen LogP contribution in [0.3, 0.4) is 0 Å². The molecule has 1 aliphatic heterocycles. The molecule has 3 aliphatic carbocycles. The highest BCUT2D eigenvalue weighted by Gasteiger charge is 2.67. The van der Waals surface area contributed by atoms with Gasteiger partial charge >= 0.3 is 5.97 Å². The summed E-state index contributed by atoms with van der Waals surface area (Å²) in [7, 11) is 0. The lowest BCUT2D eigenvalue weighted by Gasteiger charge is -2.72. The van der Waals surface area contributed by atoms with Gasteiger partial charge in [0.25, 0.3) is 0 Å². The van der Waals surface area contributed by atoms with Crippen molar-refractivity contribution in [3.8, 4) is 0 Å². The summed E-state index contributed by atoms with van der Waals surface area (Å²) in [6, 6.07) is 7.57. The number of nitrogens with zero attached hydrogens (tertiary/aromatic N) is 1. The fraction of sp³-hybridized carbons (Fsp3) is 0.771. The van der Waals surface area contributed by atoms with Crippen LogP contribution in [0.4, 0.5) is 0 Å². The third-order valence-electron chi connectivity index (χ3n) is 13.6. The van der Waals surface area contributed by atoms with E-state index < -0.39 is 5.97 Å². The predicted octanol–water partition coefficient (Wildman–Crippen LogP) is 7.78. The number of benzene rings is 1. The van der Waals surface area contributed by atoms with E-state index in [2.05, 4.69) is 60.3 Å². The summed E-state index contributed by atoms with van der Waals surface area (Å²) in [5, 5.41) is 9.19. The minimum Gasteiger partial charge on any atom is -0.481 e. The van der Waals surface area contributed by atoms with Crippen LogP contribution >= 0.6 is 0 Å². The molecule has 4 aliphatic rings. The molecule has 4 heteroatoms. The zero-order chi connectivity index (χ0) is 28.6. The van der Waals surface area contributed by atoms with Crippen molar-refractivity contribution in [3.63, 3.8) is 0 Å². The van der Waals surface area contributed by atoms with Gasteiger partial charge in [-0.2, -0.15) is 0 Å². The number of rotatable bonds is 4. The molecule has 1 saturated heterocycles. The Morgan fingerprint density at radius 3 is 2.00 bits per heavy atom. The summed E-state index contributed by atoms with van der Waals surface area (Å²) in [4.78, 5) is 27.1. The van der Waals surface area contributed by atoms with E-state index >= 15 is 0 Å². The lowest BCUT2D eigenvalue weighted by Crippen LogP contribution is -2.69. The highest BCUT2D eigenvalue weighted by Crippen LogP contribution is 2.73. The van der Waals surface area contributed by atoms with E-state index in [9.17, 15) is 14.7 Å². The number of carboxylic acid groups (broad SMARTS) is 1. The average Bonchev–Trinajstić information content (AvgIpc) is 2.81. The molecule has 1 amide bonds. The first-order valence-electron chi connectivity index (χ1n) is 15.7. The number of fused-ring (bicyclic) bond motifs is 5. The van der Waals surface area contributed by atoms with Crippen LogP contribution in [0.2, 0.25) is 0 Å². The van der Waals surface area contributed by atoms with E-state index in [0.29, 0.717) is 28.6 Å².